The first-order chi connectivity index (χ1) is 12.2. The number of rotatable bonds is 5. The zero-order valence-electron chi connectivity index (χ0n) is 14.1. The summed E-state index contributed by atoms with van der Waals surface area (Å²) in [6.45, 7) is 3.18. The third kappa shape index (κ3) is 4.16. The Morgan fingerprint density at radius 2 is 1.81 bits per heavy atom. The minimum absolute atomic E-state index is 0.0250. The van der Waals surface area contributed by atoms with E-state index in [0.717, 1.165) is 6.07 Å². The van der Waals surface area contributed by atoms with Gasteiger partial charge in [0.1, 0.15) is 0 Å². The quantitative estimate of drug-likeness (QED) is 0.796. The van der Waals surface area contributed by atoms with Crippen LogP contribution in [-0.2, 0) is 4.79 Å². The monoisotopic (exact) mass is 384 g/mol. The van der Waals surface area contributed by atoms with Gasteiger partial charge in [-0.05, 0) is 36.8 Å². The van der Waals surface area contributed by atoms with Gasteiger partial charge in [-0.15, -0.1) is 0 Å². The summed E-state index contributed by atoms with van der Waals surface area (Å²) < 4.78 is 39.8. The van der Waals surface area contributed by atoms with Crippen LogP contribution in [0, 0.1) is 24.4 Å². The molecule has 0 bridgehead atoms. The first-order valence-corrected chi connectivity index (χ1v) is 8.06. The van der Waals surface area contributed by atoms with Gasteiger partial charge in [0.25, 0.3) is 5.91 Å². The van der Waals surface area contributed by atoms with Gasteiger partial charge < -0.3 is 10.2 Å². The molecule has 8 heteroatoms. The summed E-state index contributed by atoms with van der Waals surface area (Å²) >= 11 is 6.06. The maximum atomic E-state index is 13.6. The van der Waals surface area contributed by atoms with Gasteiger partial charge in [0.2, 0.25) is 5.91 Å². The topological polar surface area (TPSA) is 49.4 Å². The summed E-state index contributed by atoms with van der Waals surface area (Å²) in [6.07, 6.45) is 0. The average molecular weight is 385 g/mol. The molecule has 4 nitrogen and oxygen atoms in total. The molecule has 2 amide bonds. The number of amides is 2. The van der Waals surface area contributed by atoms with Gasteiger partial charge in [0.05, 0.1) is 5.56 Å². The van der Waals surface area contributed by atoms with Crippen molar-refractivity contribution < 1.29 is 22.8 Å². The second-order valence-corrected chi connectivity index (χ2v) is 5.94. The fourth-order valence-electron chi connectivity index (χ4n) is 2.41. The molecule has 0 spiro atoms. The van der Waals surface area contributed by atoms with Crippen LogP contribution in [0.5, 0.6) is 0 Å². The lowest BCUT2D eigenvalue weighted by Crippen LogP contribution is -2.38. The number of nitrogens with zero attached hydrogens (tertiary/aromatic N) is 1. The van der Waals surface area contributed by atoms with Crippen LogP contribution in [0.1, 0.15) is 22.8 Å². The minimum atomic E-state index is -1.71. The van der Waals surface area contributed by atoms with Gasteiger partial charge in [-0.25, -0.2) is 13.2 Å². The molecule has 0 unspecified atom stereocenters. The Morgan fingerprint density at radius 3 is 2.46 bits per heavy atom. The Morgan fingerprint density at radius 1 is 1.12 bits per heavy atom. The lowest BCUT2D eigenvalue weighted by molar-refractivity contribution is -0.116. The highest BCUT2D eigenvalue weighted by Crippen LogP contribution is 2.26. The summed E-state index contributed by atoms with van der Waals surface area (Å²) in [4.78, 5) is 25.3. The molecule has 1 N–H and O–H groups in total. The fourth-order valence-corrected chi connectivity index (χ4v) is 2.58. The third-order valence-corrected chi connectivity index (χ3v) is 4.22. The van der Waals surface area contributed by atoms with E-state index in [1.54, 1.807) is 25.1 Å². The summed E-state index contributed by atoms with van der Waals surface area (Å²) in [6, 6.07) is 6.61. The van der Waals surface area contributed by atoms with E-state index in [1.807, 2.05) is 0 Å². The molecule has 138 valence electrons. The number of carbonyl (C=O) groups is 2. The molecule has 2 aromatic carbocycles. The van der Waals surface area contributed by atoms with Gasteiger partial charge in [-0.1, -0.05) is 17.7 Å². The second kappa shape index (κ2) is 8.23. The van der Waals surface area contributed by atoms with Crippen LogP contribution in [0.15, 0.2) is 30.3 Å². The lowest BCUT2D eigenvalue weighted by Gasteiger charge is -2.23. The highest BCUT2D eigenvalue weighted by molar-refractivity contribution is 6.31. The number of carbonyl (C=O) groups excluding carboxylic acids is 2. The van der Waals surface area contributed by atoms with E-state index < -0.39 is 28.9 Å². The van der Waals surface area contributed by atoms with Crippen LogP contribution in [0.25, 0.3) is 0 Å². The van der Waals surface area contributed by atoms with Crippen molar-refractivity contribution in [2.75, 3.05) is 18.0 Å². The third-order valence-electron chi connectivity index (χ3n) is 3.81. The molecule has 0 aliphatic heterocycles. The maximum absolute atomic E-state index is 13.6. The molecule has 0 radical (unpaired) electrons. The van der Waals surface area contributed by atoms with Gasteiger partial charge >= 0.3 is 0 Å². The zero-order valence-corrected chi connectivity index (χ0v) is 14.8. The van der Waals surface area contributed by atoms with Crippen molar-refractivity contribution in [3.63, 3.8) is 0 Å². The van der Waals surface area contributed by atoms with Crippen LogP contribution < -0.4 is 10.2 Å². The summed E-state index contributed by atoms with van der Waals surface area (Å²) in [5.74, 6) is -5.83. The van der Waals surface area contributed by atoms with Crippen LogP contribution in [0.2, 0.25) is 5.02 Å². The van der Waals surface area contributed by atoms with Crippen molar-refractivity contribution in [1.82, 2.24) is 5.32 Å². The van der Waals surface area contributed by atoms with Crippen LogP contribution in [-0.4, -0.2) is 24.9 Å². The van der Waals surface area contributed by atoms with Crippen molar-refractivity contribution in [3.8, 4) is 0 Å². The number of hydrogen-bond donors (Lipinski definition) is 1. The standard InChI is InChI=1S/C18H16ClF3N2O2/c1-10-13(19)4-3-5-15(10)24(11(2)25)9-8-23-18(26)12-6-7-14(20)17(22)16(12)21/h3-7H,8-9H2,1-2H3,(H,23,26). The van der Waals surface area contributed by atoms with Crippen molar-refractivity contribution in [2.24, 2.45) is 0 Å². The maximum Gasteiger partial charge on any atom is 0.254 e. The normalized spacial score (nSPS) is 10.5. The molecule has 0 atom stereocenters. The van der Waals surface area contributed by atoms with E-state index in [0.29, 0.717) is 22.3 Å². The highest BCUT2D eigenvalue weighted by atomic mass is 35.5. The van der Waals surface area contributed by atoms with E-state index in [4.69, 9.17) is 11.6 Å². The first-order valence-electron chi connectivity index (χ1n) is 7.69. The average Bonchev–Trinajstić information content (AvgIpc) is 2.59. The molecule has 0 aliphatic carbocycles. The van der Waals surface area contributed by atoms with Gasteiger partial charge in [0.15, 0.2) is 17.5 Å². The van der Waals surface area contributed by atoms with Crippen molar-refractivity contribution >= 4 is 29.1 Å². The first kappa shape index (κ1) is 19.8. The van der Waals surface area contributed by atoms with E-state index >= 15 is 0 Å². The summed E-state index contributed by atoms with van der Waals surface area (Å²) in [5, 5.41) is 2.87. The highest BCUT2D eigenvalue weighted by Gasteiger charge is 2.19. The van der Waals surface area contributed by atoms with E-state index in [1.165, 1.54) is 11.8 Å². The van der Waals surface area contributed by atoms with Crippen LogP contribution in [0.3, 0.4) is 0 Å². The second-order valence-electron chi connectivity index (χ2n) is 5.53. The predicted molar refractivity (Wildman–Crippen MR) is 92.9 cm³/mol. The van der Waals surface area contributed by atoms with Crippen molar-refractivity contribution in [2.45, 2.75) is 13.8 Å². The largest absolute Gasteiger partial charge is 0.350 e. The predicted octanol–water partition coefficient (Wildman–Crippen LogP) is 3.85. The Balaban J connectivity index is 2.09. The Bertz CT molecular complexity index is 859. The van der Waals surface area contributed by atoms with Crippen molar-refractivity contribution in [1.29, 1.82) is 0 Å². The number of nitrogens with one attached hydrogen (secondary N) is 1. The SMILES string of the molecule is CC(=O)N(CCNC(=O)c1ccc(F)c(F)c1F)c1cccc(Cl)c1C. The molecule has 2 aromatic rings. The lowest BCUT2D eigenvalue weighted by atomic mass is 10.1. The van der Waals surface area contributed by atoms with Gasteiger partial charge in [-0.3, -0.25) is 9.59 Å². The zero-order chi connectivity index (χ0) is 19.4. The van der Waals surface area contributed by atoms with Gasteiger partial charge in [0, 0.05) is 30.7 Å². The molecular weight excluding hydrogens is 369 g/mol. The Kier molecular flexibility index (Phi) is 6.26. The van der Waals surface area contributed by atoms with E-state index in [-0.39, 0.29) is 19.0 Å². The van der Waals surface area contributed by atoms with Gasteiger partial charge in [-0.2, -0.15) is 0 Å². The molecule has 0 saturated carbocycles. The molecule has 0 aliphatic rings. The molecular formula is C18H16ClF3N2O2. The molecule has 26 heavy (non-hydrogen) atoms. The summed E-state index contributed by atoms with van der Waals surface area (Å²) in [5.41, 5.74) is 0.665. The molecule has 0 fully saturated rings. The van der Waals surface area contributed by atoms with Crippen LogP contribution >= 0.6 is 11.6 Å². The molecule has 2 rings (SSSR count). The number of hydrogen-bond acceptors (Lipinski definition) is 2. The number of benzene rings is 2. The van der Waals surface area contributed by atoms with E-state index in [9.17, 15) is 22.8 Å². The Hall–Kier alpha value is -2.54. The van der Waals surface area contributed by atoms with Crippen molar-refractivity contribution in [3.05, 3.63) is 63.9 Å². The van der Waals surface area contributed by atoms with E-state index in [2.05, 4.69) is 5.32 Å². The molecule has 0 saturated heterocycles. The molecule has 0 heterocycles. The number of halogens is 4. The smallest absolute Gasteiger partial charge is 0.254 e. The summed E-state index contributed by atoms with van der Waals surface area (Å²) in [7, 11) is 0. The Labute approximate surface area is 153 Å². The molecule has 0 aromatic heterocycles. The fraction of sp³-hybridized carbons (Fsp3) is 0.222. The number of anilines is 1. The van der Waals surface area contributed by atoms with Crippen LogP contribution in [0.4, 0.5) is 18.9 Å². The minimum Gasteiger partial charge on any atom is -0.350 e.